The molecule has 0 aliphatic heterocycles. The molecule has 2 amide bonds. The van der Waals surface area contributed by atoms with Crippen molar-refractivity contribution in [1.29, 1.82) is 0 Å². The first-order chi connectivity index (χ1) is 9.30. The van der Waals surface area contributed by atoms with Gasteiger partial charge in [0, 0.05) is 0 Å². The number of carbonyl (C=O) groups is 3. The van der Waals surface area contributed by atoms with Crippen LogP contribution in [0.4, 0.5) is 4.79 Å². The van der Waals surface area contributed by atoms with Crippen LogP contribution in [-0.4, -0.2) is 41.8 Å². The van der Waals surface area contributed by atoms with Crippen molar-refractivity contribution in [1.82, 2.24) is 10.6 Å². The minimum atomic E-state index is -0.794. The zero-order valence-corrected chi connectivity index (χ0v) is 13.8. The van der Waals surface area contributed by atoms with Crippen LogP contribution in [0.3, 0.4) is 0 Å². The Morgan fingerprint density at radius 1 is 0.952 bits per heavy atom. The zero-order chi connectivity index (χ0) is 16.8. The molecule has 0 spiro atoms. The van der Waals surface area contributed by atoms with Gasteiger partial charge in [0.25, 0.3) is 0 Å². The molecule has 0 aliphatic rings. The Hall–Kier alpha value is -1.79. The summed E-state index contributed by atoms with van der Waals surface area (Å²) >= 11 is 0. The molecular weight excluding hydrogens is 276 g/mol. The van der Waals surface area contributed by atoms with E-state index in [1.807, 2.05) is 0 Å². The van der Waals surface area contributed by atoms with E-state index in [1.54, 1.807) is 41.5 Å². The normalized spacial score (nSPS) is 13.1. The molecule has 0 aromatic carbocycles. The van der Waals surface area contributed by atoms with Gasteiger partial charge >= 0.3 is 12.1 Å². The van der Waals surface area contributed by atoms with Gasteiger partial charge in [-0.25, -0.2) is 9.59 Å². The molecule has 7 nitrogen and oxygen atoms in total. The minimum absolute atomic E-state index is 0.276. The van der Waals surface area contributed by atoms with E-state index in [2.05, 4.69) is 10.6 Å². The Morgan fingerprint density at radius 2 is 1.43 bits per heavy atom. The maximum Gasteiger partial charge on any atom is 0.408 e. The second kappa shape index (κ2) is 7.28. The van der Waals surface area contributed by atoms with Gasteiger partial charge in [-0.2, -0.15) is 0 Å². The molecule has 0 aromatic heterocycles. The average molecular weight is 302 g/mol. The predicted molar refractivity (Wildman–Crippen MR) is 77.7 cm³/mol. The van der Waals surface area contributed by atoms with Crippen molar-refractivity contribution in [2.75, 3.05) is 6.54 Å². The number of ether oxygens (including phenoxy) is 2. The Balaban J connectivity index is 4.15. The van der Waals surface area contributed by atoms with Crippen LogP contribution in [0.5, 0.6) is 0 Å². The lowest BCUT2D eigenvalue weighted by atomic mass is 10.2. The summed E-state index contributed by atoms with van der Waals surface area (Å²) in [4.78, 5) is 34.6. The molecule has 0 bridgehead atoms. The fraction of sp³-hybridized carbons (Fsp3) is 0.786. The third kappa shape index (κ3) is 10.6. The number of esters is 1. The van der Waals surface area contributed by atoms with Crippen molar-refractivity contribution in [3.63, 3.8) is 0 Å². The number of carbonyl (C=O) groups excluding carboxylic acids is 3. The van der Waals surface area contributed by atoms with Crippen molar-refractivity contribution in [2.45, 2.75) is 65.7 Å². The molecule has 0 unspecified atom stereocenters. The van der Waals surface area contributed by atoms with Crippen molar-refractivity contribution in [3.8, 4) is 0 Å². The highest BCUT2D eigenvalue weighted by Crippen LogP contribution is 2.08. The average Bonchev–Trinajstić information content (AvgIpc) is 2.21. The third-order valence-electron chi connectivity index (χ3n) is 1.93. The quantitative estimate of drug-likeness (QED) is 0.765. The Kier molecular flexibility index (Phi) is 6.66. The number of alkyl carbamates (subject to hydrolysis) is 1. The zero-order valence-electron chi connectivity index (χ0n) is 13.8. The number of hydrogen-bond donors (Lipinski definition) is 2. The van der Waals surface area contributed by atoms with Crippen molar-refractivity contribution in [3.05, 3.63) is 0 Å². The van der Waals surface area contributed by atoms with E-state index in [9.17, 15) is 14.4 Å². The summed E-state index contributed by atoms with van der Waals surface area (Å²) in [7, 11) is 0. The molecule has 1 atom stereocenters. The monoisotopic (exact) mass is 302 g/mol. The summed E-state index contributed by atoms with van der Waals surface area (Å²) < 4.78 is 10.1. The van der Waals surface area contributed by atoms with Gasteiger partial charge in [0.2, 0.25) is 5.91 Å². The molecule has 0 heterocycles. The van der Waals surface area contributed by atoms with E-state index >= 15 is 0 Å². The van der Waals surface area contributed by atoms with E-state index in [0.29, 0.717) is 0 Å². The Morgan fingerprint density at radius 3 is 1.86 bits per heavy atom. The van der Waals surface area contributed by atoms with Crippen molar-refractivity contribution >= 4 is 18.0 Å². The number of hydrogen-bond acceptors (Lipinski definition) is 5. The highest BCUT2D eigenvalue weighted by atomic mass is 16.6. The topological polar surface area (TPSA) is 93.7 Å². The summed E-state index contributed by atoms with van der Waals surface area (Å²) in [5.74, 6) is -1.03. The molecule has 21 heavy (non-hydrogen) atoms. The van der Waals surface area contributed by atoms with E-state index in [0.717, 1.165) is 0 Å². The van der Waals surface area contributed by atoms with E-state index in [1.165, 1.54) is 6.92 Å². The highest BCUT2D eigenvalue weighted by molar-refractivity contribution is 5.87. The first-order valence-electron chi connectivity index (χ1n) is 6.79. The molecule has 0 aromatic rings. The lowest BCUT2D eigenvalue weighted by Crippen LogP contribution is -2.46. The van der Waals surface area contributed by atoms with Crippen LogP contribution >= 0.6 is 0 Å². The van der Waals surface area contributed by atoms with Crippen LogP contribution in [0.25, 0.3) is 0 Å². The smallest absolute Gasteiger partial charge is 0.408 e. The van der Waals surface area contributed by atoms with E-state index in [4.69, 9.17) is 9.47 Å². The maximum atomic E-state index is 11.7. The summed E-state index contributed by atoms with van der Waals surface area (Å²) in [6, 6.07) is -0.794. The van der Waals surface area contributed by atoms with Crippen LogP contribution in [0.1, 0.15) is 48.5 Å². The van der Waals surface area contributed by atoms with Crippen LogP contribution in [0.2, 0.25) is 0 Å². The van der Waals surface area contributed by atoms with Crippen LogP contribution in [0, 0.1) is 0 Å². The largest absolute Gasteiger partial charge is 0.458 e. The molecule has 2 N–H and O–H groups in total. The second-order valence-corrected chi connectivity index (χ2v) is 6.68. The molecule has 0 saturated heterocycles. The molecule has 122 valence electrons. The summed E-state index contributed by atoms with van der Waals surface area (Å²) in [5.41, 5.74) is -1.25. The van der Waals surface area contributed by atoms with Crippen molar-refractivity contribution < 1.29 is 23.9 Å². The van der Waals surface area contributed by atoms with Gasteiger partial charge in [0.1, 0.15) is 23.8 Å². The number of rotatable bonds is 4. The second-order valence-electron chi connectivity index (χ2n) is 6.68. The first kappa shape index (κ1) is 19.2. The maximum absolute atomic E-state index is 11.7. The SMILES string of the molecule is C[C@H](NC(=O)CNC(=O)OC(C)(C)C)C(=O)OC(C)(C)C. The number of nitrogens with one attached hydrogen (secondary N) is 2. The lowest BCUT2D eigenvalue weighted by molar-refractivity contribution is -0.158. The van der Waals surface area contributed by atoms with Crippen molar-refractivity contribution in [2.24, 2.45) is 0 Å². The highest BCUT2D eigenvalue weighted by Gasteiger charge is 2.23. The van der Waals surface area contributed by atoms with Gasteiger partial charge in [0.15, 0.2) is 0 Å². The molecule has 0 rings (SSSR count). The van der Waals surface area contributed by atoms with Gasteiger partial charge in [-0.15, -0.1) is 0 Å². The molecule has 0 aliphatic carbocycles. The summed E-state index contributed by atoms with van der Waals surface area (Å²) in [6.45, 7) is 11.6. The van der Waals surface area contributed by atoms with Gasteiger partial charge in [-0.3, -0.25) is 4.79 Å². The standard InChI is InChI=1S/C14H26N2O5/c1-9(11(18)20-13(2,3)4)16-10(17)8-15-12(19)21-14(5,6)7/h9H,8H2,1-7H3,(H,15,19)(H,16,17)/t9-/m0/s1. The van der Waals surface area contributed by atoms with E-state index < -0.39 is 35.2 Å². The van der Waals surface area contributed by atoms with Crippen LogP contribution < -0.4 is 10.6 Å². The minimum Gasteiger partial charge on any atom is -0.458 e. The molecule has 0 saturated carbocycles. The Labute approximate surface area is 125 Å². The van der Waals surface area contributed by atoms with Gasteiger partial charge in [-0.05, 0) is 48.5 Å². The van der Waals surface area contributed by atoms with Gasteiger partial charge in [-0.1, -0.05) is 0 Å². The molecular formula is C14H26N2O5. The summed E-state index contributed by atoms with van der Waals surface area (Å²) in [5, 5.41) is 4.74. The fourth-order valence-electron chi connectivity index (χ4n) is 1.21. The van der Waals surface area contributed by atoms with E-state index in [-0.39, 0.29) is 6.54 Å². The Bertz CT molecular complexity index is 393. The first-order valence-corrected chi connectivity index (χ1v) is 6.79. The molecule has 7 heteroatoms. The molecule has 0 fully saturated rings. The van der Waals surface area contributed by atoms with Crippen LogP contribution in [0.15, 0.2) is 0 Å². The third-order valence-corrected chi connectivity index (χ3v) is 1.93. The van der Waals surface area contributed by atoms with Gasteiger partial charge in [0.05, 0.1) is 0 Å². The fourth-order valence-corrected chi connectivity index (χ4v) is 1.21. The predicted octanol–water partition coefficient (Wildman–Crippen LogP) is 1.36. The summed E-state index contributed by atoms with van der Waals surface area (Å²) in [6.07, 6.45) is -0.692. The number of amides is 2. The lowest BCUT2D eigenvalue weighted by Gasteiger charge is -2.23. The van der Waals surface area contributed by atoms with Gasteiger partial charge < -0.3 is 20.1 Å². The molecule has 0 radical (unpaired) electrons. The van der Waals surface area contributed by atoms with Crippen LogP contribution in [-0.2, 0) is 19.1 Å².